The lowest BCUT2D eigenvalue weighted by Gasteiger charge is -2.19. The molecule has 0 bridgehead atoms. The van der Waals surface area contributed by atoms with Gasteiger partial charge in [-0.3, -0.25) is 19.0 Å². The van der Waals surface area contributed by atoms with Gasteiger partial charge in [0, 0.05) is 23.9 Å². The molecule has 0 saturated carbocycles. The molecule has 5 N–H and O–H groups in total. The molecule has 1 atom stereocenters. The lowest BCUT2D eigenvalue weighted by molar-refractivity contribution is -0.126. The van der Waals surface area contributed by atoms with Crippen molar-refractivity contribution in [2.24, 2.45) is 5.16 Å². The smallest absolute Gasteiger partial charge is 0.294 e. The molecule has 34 heavy (non-hydrogen) atoms. The molecular formula is C22H29N6O4S2+. The predicted octanol–water partition coefficient (Wildman–Crippen LogP) is 1.30. The average molecular weight is 506 g/mol. The second kappa shape index (κ2) is 14.2. The SMILES string of the molecule is CSCC(C(=O)NCC(=O)CSCc1ccccc1)n1ccnc(NC/C(=N/[OH2+])C(C)=N)c1=O. The van der Waals surface area contributed by atoms with Crippen LogP contribution >= 0.6 is 23.5 Å². The lowest BCUT2D eigenvalue weighted by atomic mass is 10.2. The zero-order chi connectivity index (χ0) is 24.9. The van der Waals surface area contributed by atoms with Gasteiger partial charge < -0.3 is 21.3 Å². The van der Waals surface area contributed by atoms with Crippen molar-refractivity contribution in [3.63, 3.8) is 0 Å². The number of carbonyl (C=O) groups excluding carboxylic acids is 2. The fourth-order valence-corrected chi connectivity index (χ4v) is 4.35. The van der Waals surface area contributed by atoms with Crippen molar-refractivity contribution in [1.29, 1.82) is 5.41 Å². The molecule has 0 saturated heterocycles. The quantitative estimate of drug-likeness (QED) is 0.199. The number of Topliss-reactive ketones (excluding diaryl/α,β-unsaturated/α-hetero) is 1. The third kappa shape index (κ3) is 8.34. The molecule has 0 aliphatic rings. The monoisotopic (exact) mass is 505 g/mol. The molecule has 2 aromatic rings. The van der Waals surface area contributed by atoms with E-state index < -0.39 is 17.5 Å². The Morgan fingerprint density at radius 3 is 2.65 bits per heavy atom. The van der Waals surface area contributed by atoms with E-state index in [-0.39, 0.29) is 41.9 Å². The molecule has 1 aromatic carbocycles. The molecule has 1 unspecified atom stereocenters. The molecule has 0 spiro atoms. The van der Waals surface area contributed by atoms with Gasteiger partial charge in [-0.25, -0.2) is 4.98 Å². The highest BCUT2D eigenvalue weighted by atomic mass is 32.2. The summed E-state index contributed by atoms with van der Waals surface area (Å²) in [5, 5.41) is 23.4. The summed E-state index contributed by atoms with van der Waals surface area (Å²) < 4.78 is 1.27. The summed E-state index contributed by atoms with van der Waals surface area (Å²) >= 11 is 2.88. The number of benzene rings is 1. The van der Waals surface area contributed by atoms with Crippen LogP contribution in [0.4, 0.5) is 5.82 Å². The Labute approximate surface area is 206 Å². The standard InChI is InChI=1S/C22H28N6O4S2/c1-15(23)18(27-32)11-25-20-22(31)28(9-8-24-20)19(14-33-2)21(30)26-10-17(29)13-34-12-16-6-4-3-5-7-16/h3-9,19,23,32H,10-14H2,1-2H3,(H,24,25)(H,26,30)/p+1/b23-15?,27-18-. The first-order valence-electron chi connectivity index (χ1n) is 10.4. The number of nitrogens with one attached hydrogen (secondary N) is 3. The van der Waals surface area contributed by atoms with Crippen LogP contribution in [-0.2, 0) is 15.3 Å². The summed E-state index contributed by atoms with van der Waals surface area (Å²) in [4.78, 5) is 42.0. The number of hydrogen-bond donors (Lipinski definition) is 3. The Morgan fingerprint density at radius 1 is 1.26 bits per heavy atom. The van der Waals surface area contributed by atoms with E-state index in [9.17, 15) is 14.4 Å². The zero-order valence-electron chi connectivity index (χ0n) is 19.0. The van der Waals surface area contributed by atoms with Gasteiger partial charge in [-0.1, -0.05) is 30.3 Å². The second-order valence-corrected chi connectivity index (χ2v) is 9.13. The van der Waals surface area contributed by atoms with Gasteiger partial charge in [0.05, 0.1) is 29.7 Å². The first kappa shape index (κ1) is 27.1. The number of nitrogens with zero attached hydrogens (tertiary/aromatic N) is 3. The van der Waals surface area contributed by atoms with Crippen LogP contribution in [0.5, 0.6) is 0 Å². The molecule has 1 aromatic heterocycles. The minimum absolute atomic E-state index is 0.0143. The average Bonchev–Trinajstić information content (AvgIpc) is 2.83. The highest BCUT2D eigenvalue weighted by Gasteiger charge is 2.23. The first-order valence-corrected chi connectivity index (χ1v) is 12.9. The second-order valence-electron chi connectivity index (χ2n) is 7.23. The zero-order valence-corrected chi connectivity index (χ0v) is 20.7. The van der Waals surface area contributed by atoms with Gasteiger partial charge in [0.15, 0.2) is 17.3 Å². The molecular weight excluding hydrogens is 476 g/mol. The minimum Gasteiger partial charge on any atom is -0.469 e. The highest BCUT2D eigenvalue weighted by Crippen LogP contribution is 2.13. The van der Waals surface area contributed by atoms with Gasteiger partial charge in [-0.05, 0) is 18.7 Å². The number of rotatable bonds is 14. The summed E-state index contributed by atoms with van der Waals surface area (Å²) in [6.07, 6.45) is 4.64. The summed E-state index contributed by atoms with van der Waals surface area (Å²) in [7, 11) is 0. The van der Waals surface area contributed by atoms with Crippen molar-refractivity contribution in [3.05, 3.63) is 58.6 Å². The summed E-state index contributed by atoms with van der Waals surface area (Å²) in [5.74, 6) is 0.757. The van der Waals surface area contributed by atoms with E-state index in [1.54, 1.807) is 0 Å². The molecule has 10 nitrogen and oxygen atoms in total. The maximum atomic E-state index is 12.9. The number of anilines is 1. The van der Waals surface area contributed by atoms with E-state index in [0.717, 1.165) is 5.56 Å². The van der Waals surface area contributed by atoms with Crippen molar-refractivity contribution in [2.75, 3.05) is 36.2 Å². The highest BCUT2D eigenvalue weighted by molar-refractivity contribution is 7.99. The number of carbonyl (C=O) groups is 2. The summed E-state index contributed by atoms with van der Waals surface area (Å²) in [5.41, 5.74) is 0.875. The van der Waals surface area contributed by atoms with Gasteiger partial charge >= 0.3 is 0 Å². The Balaban J connectivity index is 1.98. The maximum Gasteiger partial charge on any atom is 0.294 e. The van der Waals surface area contributed by atoms with E-state index in [1.807, 2.05) is 36.6 Å². The Morgan fingerprint density at radius 2 is 2.00 bits per heavy atom. The molecule has 12 heteroatoms. The van der Waals surface area contributed by atoms with Crippen LogP contribution in [-0.4, -0.2) is 68.7 Å². The van der Waals surface area contributed by atoms with Crippen molar-refractivity contribution in [2.45, 2.75) is 18.7 Å². The predicted molar refractivity (Wildman–Crippen MR) is 139 cm³/mol. The number of amides is 1. The molecule has 0 aliphatic carbocycles. The van der Waals surface area contributed by atoms with Crippen molar-refractivity contribution in [3.8, 4) is 0 Å². The molecule has 0 fully saturated rings. The van der Waals surface area contributed by atoms with Crippen molar-refractivity contribution < 1.29 is 14.8 Å². The van der Waals surface area contributed by atoms with E-state index in [1.165, 1.54) is 47.4 Å². The van der Waals surface area contributed by atoms with Crippen molar-refractivity contribution in [1.82, 2.24) is 14.9 Å². The molecule has 1 amide bonds. The van der Waals surface area contributed by atoms with Gasteiger partial charge in [0.25, 0.3) is 5.56 Å². The summed E-state index contributed by atoms with van der Waals surface area (Å²) in [6.45, 7) is 1.37. The van der Waals surface area contributed by atoms with Crippen molar-refractivity contribution >= 4 is 52.5 Å². The van der Waals surface area contributed by atoms with Gasteiger partial charge in [0.2, 0.25) is 5.91 Å². The van der Waals surface area contributed by atoms with Crippen LogP contribution in [0.15, 0.2) is 52.7 Å². The third-order valence-electron chi connectivity index (χ3n) is 4.66. The Hall–Kier alpha value is -3.12. The minimum atomic E-state index is -0.829. The number of ketones is 1. The third-order valence-corrected chi connectivity index (χ3v) is 6.37. The molecule has 0 radical (unpaired) electrons. The molecule has 0 aliphatic heterocycles. The van der Waals surface area contributed by atoms with E-state index in [0.29, 0.717) is 11.5 Å². The molecule has 1 heterocycles. The molecule has 2 rings (SSSR count). The fraction of sp³-hybridized carbons (Fsp3) is 0.364. The van der Waals surface area contributed by atoms with Gasteiger partial charge in [0.1, 0.15) is 6.04 Å². The van der Waals surface area contributed by atoms with Crippen LogP contribution in [0.25, 0.3) is 0 Å². The lowest BCUT2D eigenvalue weighted by Crippen LogP contribution is -2.41. The van der Waals surface area contributed by atoms with Crippen LogP contribution in [0.2, 0.25) is 0 Å². The molecule has 182 valence electrons. The van der Waals surface area contributed by atoms with Crippen LogP contribution < -0.4 is 16.2 Å². The maximum absolute atomic E-state index is 12.9. The largest absolute Gasteiger partial charge is 0.469 e. The van der Waals surface area contributed by atoms with Crippen LogP contribution in [0, 0.1) is 5.41 Å². The fourth-order valence-electron chi connectivity index (χ4n) is 2.87. The number of hydrogen-bond acceptors (Lipinski definition) is 9. The normalized spacial score (nSPS) is 12.1. The first-order chi connectivity index (χ1) is 16.4. The Kier molecular flexibility index (Phi) is 11.3. The number of thioether (sulfide) groups is 2. The van der Waals surface area contributed by atoms with E-state index in [2.05, 4.69) is 20.8 Å². The topological polar surface area (TPSA) is 152 Å². The van der Waals surface area contributed by atoms with Crippen LogP contribution in [0.3, 0.4) is 0 Å². The van der Waals surface area contributed by atoms with Gasteiger partial charge in [-0.15, -0.1) is 11.8 Å². The van der Waals surface area contributed by atoms with E-state index in [4.69, 9.17) is 10.6 Å². The van der Waals surface area contributed by atoms with Crippen LogP contribution in [0.1, 0.15) is 18.5 Å². The summed E-state index contributed by atoms with van der Waals surface area (Å²) in [6, 6.07) is 8.99. The van der Waals surface area contributed by atoms with Gasteiger partial charge in [-0.2, -0.15) is 11.8 Å². The van der Waals surface area contributed by atoms with E-state index >= 15 is 0 Å². The number of aromatic nitrogens is 2. The Bertz CT molecular complexity index is 1070.